The SMILES string of the molecule is CCN1CCOC(CNC(=O)c2c[nH]ccc2=O)C1. The van der Waals surface area contributed by atoms with Crippen molar-refractivity contribution in [1.82, 2.24) is 15.2 Å². The van der Waals surface area contributed by atoms with Crippen LogP contribution in [0.4, 0.5) is 0 Å². The zero-order chi connectivity index (χ0) is 13.7. The maximum absolute atomic E-state index is 11.9. The van der Waals surface area contributed by atoms with E-state index >= 15 is 0 Å². The summed E-state index contributed by atoms with van der Waals surface area (Å²) in [6, 6.07) is 1.34. The molecular weight excluding hydrogens is 246 g/mol. The summed E-state index contributed by atoms with van der Waals surface area (Å²) < 4.78 is 5.58. The molecule has 19 heavy (non-hydrogen) atoms. The summed E-state index contributed by atoms with van der Waals surface area (Å²) in [6.07, 6.45) is 2.90. The van der Waals surface area contributed by atoms with E-state index in [0.29, 0.717) is 13.2 Å². The fourth-order valence-electron chi connectivity index (χ4n) is 2.09. The van der Waals surface area contributed by atoms with Crippen LogP contribution in [0.1, 0.15) is 17.3 Å². The van der Waals surface area contributed by atoms with Crippen LogP contribution < -0.4 is 10.7 Å². The fourth-order valence-corrected chi connectivity index (χ4v) is 2.09. The zero-order valence-electron chi connectivity index (χ0n) is 11.0. The molecule has 1 atom stereocenters. The average Bonchev–Trinajstić information content (AvgIpc) is 2.45. The van der Waals surface area contributed by atoms with E-state index in [4.69, 9.17) is 4.74 Å². The van der Waals surface area contributed by atoms with E-state index in [-0.39, 0.29) is 23.0 Å². The van der Waals surface area contributed by atoms with Crippen molar-refractivity contribution in [2.75, 3.05) is 32.8 Å². The van der Waals surface area contributed by atoms with Crippen molar-refractivity contribution in [1.29, 1.82) is 0 Å². The molecule has 0 saturated carbocycles. The van der Waals surface area contributed by atoms with Crippen molar-refractivity contribution in [2.24, 2.45) is 0 Å². The Hall–Kier alpha value is -1.66. The number of likely N-dealkylation sites (N-methyl/N-ethyl adjacent to an activating group) is 1. The molecule has 1 aromatic rings. The summed E-state index contributed by atoms with van der Waals surface area (Å²) in [5.74, 6) is -0.362. The number of hydrogen-bond acceptors (Lipinski definition) is 4. The number of ether oxygens (including phenoxy) is 1. The lowest BCUT2D eigenvalue weighted by molar-refractivity contribution is -0.0246. The monoisotopic (exact) mass is 265 g/mol. The van der Waals surface area contributed by atoms with Gasteiger partial charge in [-0.05, 0) is 6.54 Å². The number of hydrogen-bond donors (Lipinski definition) is 2. The molecular formula is C13H19N3O3. The molecule has 0 aliphatic carbocycles. The number of pyridine rings is 1. The van der Waals surface area contributed by atoms with Gasteiger partial charge in [-0.1, -0.05) is 6.92 Å². The Morgan fingerprint density at radius 1 is 1.63 bits per heavy atom. The summed E-state index contributed by atoms with van der Waals surface area (Å²) >= 11 is 0. The van der Waals surface area contributed by atoms with Gasteiger partial charge in [0.15, 0.2) is 5.43 Å². The summed E-state index contributed by atoms with van der Waals surface area (Å²) in [5, 5.41) is 2.74. The van der Waals surface area contributed by atoms with Crippen molar-refractivity contribution >= 4 is 5.91 Å². The van der Waals surface area contributed by atoms with Gasteiger partial charge in [-0.3, -0.25) is 14.5 Å². The smallest absolute Gasteiger partial charge is 0.256 e. The second kappa shape index (κ2) is 6.49. The minimum absolute atomic E-state index is 0.0135. The van der Waals surface area contributed by atoms with E-state index in [1.54, 1.807) is 0 Å². The van der Waals surface area contributed by atoms with E-state index in [0.717, 1.165) is 19.6 Å². The first-order chi connectivity index (χ1) is 9.20. The number of rotatable bonds is 4. The predicted molar refractivity (Wildman–Crippen MR) is 71.2 cm³/mol. The van der Waals surface area contributed by atoms with Crippen molar-refractivity contribution in [3.05, 3.63) is 34.2 Å². The van der Waals surface area contributed by atoms with Gasteiger partial charge in [-0.25, -0.2) is 0 Å². The van der Waals surface area contributed by atoms with Gasteiger partial charge < -0.3 is 15.0 Å². The van der Waals surface area contributed by atoms with Gasteiger partial charge >= 0.3 is 0 Å². The molecule has 2 N–H and O–H groups in total. The maximum Gasteiger partial charge on any atom is 0.256 e. The minimum Gasteiger partial charge on any atom is -0.374 e. The molecule has 1 fully saturated rings. The zero-order valence-corrected chi connectivity index (χ0v) is 11.0. The summed E-state index contributed by atoms with van der Waals surface area (Å²) in [4.78, 5) is 28.4. The van der Waals surface area contributed by atoms with Gasteiger partial charge in [-0.15, -0.1) is 0 Å². The Labute approximate surface area is 111 Å². The molecule has 1 amide bonds. The van der Waals surface area contributed by atoms with Crippen molar-refractivity contribution in [3.63, 3.8) is 0 Å². The molecule has 6 heteroatoms. The summed E-state index contributed by atoms with van der Waals surface area (Å²) in [7, 11) is 0. The molecule has 0 spiro atoms. The highest BCUT2D eigenvalue weighted by Gasteiger charge is 2.20. The lowest BCUT2D eigenvalue weighted by Crippen LogP contribution is -2.47. The third kappa shape index (κ3) is 3.65. The number of morpholine rings is 1. The second-order valence-electron chi connectivity index (χ2n) is 4.52. The lowest BCUT2D eigenvalue weighted by atomic mass is 10.2. The normalized spacial score (nSPS) is 20.2. The Morgan fingerprint density at radius 3 is 3.21 bits per heavy atom. The number of amides is 1. The van der Waals surface area contributed by atoms with Crippen LogP contribution in [0.25, 0.3) is 0 Å². The number of aromatic amines is 1. The molecule has 2 rings (SSSR count). The highest BCUT2D eigenvalue weighted by Crippen LogP contribution is 2.03. The molecule has 1 unspecified atom stereocenters. The molecule has 104 valence electrons. The summed E-state index contributed by atoms with van der Waals surface area (Å²) in [6.45, 7) is 5.92. The van der Waals surface area contributed by atoms with Crippen LogP contribution in [0.3, 0.4) is 0 Å². The Morgan fingerprint density at radius 2 is 2.47 bits per heavy atom. The quantitative estimate of drug-likeness (QED) is 0.792. The van der Waals surface area contributed by atoms with Gasteiger partial charge in [-0.2, -0.15) is 0 Å². The molecule has 1 saturated heterocycles. The molecule has 2 heterocycles. The van der Waals surface area contributed by atoms with Crippen LogP contribution in [-0.2, 0) is 4.74 Å². The second-order valence-corrected chi connectivity index (χ2v) is 4.52. The third-order valence-electron chi connectivity index (χ3n) is 3.23. The molecule has 1 aliphatic heterocycles. The highest BCUT2D eigenvalue weighted by molar-refractivity contribution is 5.93. The van der Waals surface area contributed by atoms with E-state index in [1.807, 2.05) is 0 Å². The lowest BCUT2D eigenvalue weighted by Gasteiger charge is -2.32. The van der Waals surface area contributed by atoms with Crippen LogP contribution in [0, 0.1) is 0 Å². The molecule has 6 nitrogen and oxygen atoms in total. The highest BCUT2D eigenvalue weighted by atomic mass is 16.5. The Kier molecular flexibility index (Phi) is 4.70. The number of H-pyrrole nitrogens is 1. The van der Waals surface area contributed by atoms with E-state index < -0.39 is 0 Å². The van der Waals surface area contributed by atoms with E-state index in [1.165, 1.54) is 18.5 Å². The first-order valence-corrected chi connectivity index (χ1v) is 6.50. The molecule has 0 aromatic carbocycles. The van der Waals surface area contributed by atoms with E-state index in [9.17, 15) is 9.59 Å². The topological polar surface area (TPSA) is 74.4 Å². The number of nitrogens with one attached hydrogen (secondary N) is 2. The number of carbonyl (C=O) groups excluding carboxylic acids is 1. The van der Waals surface area contributed by atoms with Crippen molar-refractivity contribution in [3.8, 4) is 0 Å². The first-order valence-electron chi connectivity index (χ1n) is 6.50. The Balaban J connectivity index is 1.87. The minimum atomic E-state index is -0.362. The standard InChI is InChI=1S/C13H19N3O3/c1-2-16-5-6-19-10(9-16)7-15-13(18)11-8-14-4-3-12(11)17/h3-4,8,10H,2,5-7,9H2,1H3,(H,14,17)(H,15,18). The molecule has 1 aliphatic rings. The van der Waals surface area contributed by atoms with Crippen LogP contribution >= 0.6 is 0 Å². The van der Waals surface area contributed by atoms with Crippen molar-refractivity contribution in [2.45, 2.75) is 13.0 Å². The van der Waals surface area contributed by atoms with E-state index in [2.05, 4.69) is 22.1 Å². The average molecular weight is 265 g/mol. The molecule has 1 aromatic heterocycles. The maximum atomic E-state index is 11.9. The number of nitrogens with zero attached hydrogens (tertiary/aromatic N) is 1. The summed E-state index contributed by atoms with van der Waals surface area (Å²) in [5.41, 5.74) is -0.151. The number of carbonyl (C=O) groups is 1. The van der Waals surface area contributed by atoms with Crippen molar-refractivity contribution < 1.29 is 9.53 Å². The number of aromatic nitrogens is 1. The van der Waals surface area contributed by atoms with Crippen LogP contribution in [-0.4, -0.2) is 54.7 Å². The van der Waals surface area contributed by atoms with Gasteiger partial charge in [0, 0.05) is 38.1 Å². The van der Waals surface area contributed by atoms with Crippen LogP contribution in [0.15, 0.2) is 23.3 Å². The van der Waals surface area contributed by atoms with Gasteiger partial charge in [0.05, 0.1) is 12.7 Å². The largest absolute Gasteiger partial charge is 0.374 e. The fraction of sp³-hybridized carbons (Fsp3) is 0.538. The van der Waals surface area contributed by atoms with Crippen LogP contribution in [0.5, 0.6) is 0 Å². The predicted octanol–water partition coefficient (Wildman–Crippen LogP) is -0.175. The van der Waals surface area contributed by atoms with Gasteiger partial charge in [0.1, 0.15) is 5.56 Å². The first kappa shape index (κ1) is 13.8. The Bertz CT molecular complexity index is 486. The molecule has 0 radical (unpaired) electrons. The van der Waals surface area contributed by atoms with Crippen LogP contribution in [0.2, 0.25) is 0 Å². The van der Waals surface area contributed by atoms with Gasteiger partial charge in [0.2, 0.25) is 0 Å². The van der Waals surface area contributed by atoms with Gasteiger partial charge in [0.25, 0.3) is 5.91 Å². The third-order valence-corrected chi connectivity index (χ3v) is 3.23. The molecule has 0 bridgehead atoms.